The number of carboxylic acid groups (broad SMARTS) is 1. The maximum atomic E-state index is 13.0. The minimum Gasteiger partial charge on any atom is -0.545 e. The van der Waals surface area contributed by atoms with E-state index in [-0.39, 0.29) is 11.5 Å². The molecular weight excluding hydrogens is 388 g/mol. The van der Waals surface area contributed by atoms with Crippen LogP contribution in [0.5, 0.6) is 5.75 Å². The summed E-state index contributed by atoms with van der Waals surface area (Å²) in [7, 11) is 1.59. The number of carbonyl (C=O) groups excluding carboxylic acids is 2. The Morgan fingerprint density at radius 3 is 2.31 bits per heavy atom. The van der Waals surface area contributed by atoms with Gasteiger partial charge in [-0.3, -0.25) is 10.1 Å². The Bertz CT molecular complexity index is 1230. The molecule has 1 heterocycles. The molecule has 6 nitrogen and oxygen atoms in total. The summed E-state index contributed by atoms with van der Waals surface area (Å²) in [4.78, 5) is 28.9. The molecule has 4 rings (SSSR count). The minimum atomic E-state index is -1.30. The molecule has 0 atom stereocenters. The Balaban J connectivity index is 1.70. The highest BCUT2D eigenvalue weighted by molar-refractivity contribution is 7.22. The highest BCUT2D eigenvalue weighted by atomic mass is 32.1. The van der Waals surface area contributed by atoms with Crippen molar-refractivity contribution in [2.75, 3.05) is 12.4 Å². The van der Waals surface area contributed by atoms with Crippen LogP contribution in [0.3, 0.4) is 0 Å². The number of fused-ring (bicyclic) bond motifs is 1. The molecule has 1 aromatic heterocycles. The van der Waals surface area contributed by atoms with E-state index in [0.29, 0.717) is 27.6 Å². The second kappa shape index (κ2) is 7.73. The highest BCUT2D eigenvalue weighted by Crippen LogP contribution is 2.31. The zero-order valence-corrected chi connectivity index (χ0v) is 16.2. The van der Waals surface area contributed by atoms with Crippen molar-refractivity contribution < 1.29 is 19.4 Å². The number of methoxy groups -OCH3 is 1. The number of nitrogens with zero attached hydrogens (tertiary/aromatic N) is 1. The fourth-order valence-corrected chi connectivity index (χ4v) is 3.95. The van der Waals surface area contributed by atoms with Gasteiger partial charge in [-0.2, -0.15) is 0 Å². The molecule has 0 radical (unpaired) electrons. The summed E-state index contributed by atoms with van der Waals surface area (Å²) in [6, 6.07) is 18.8. The summed E-state index contributed by atoms with van der Waals surface area (Å²) in [5.74, 6) is -0.959. The largest absolute Gasteiger partial charge is 0.545 e. The third-order valence-corrected chi connectivity index (χ3v) is 5.36. The molecule has 4 aromatic rings. The first-order valence-electron chi connectivity index (χ1n) is 8.72. The third-order valence-electron chi connectivity index (χ3n) is 4.42. The standard InChI is InChI=1S/C22H16N2O4S/c1-28-13-10-11-18-19(12-13)29-22(23-18)24-20(25)16-8-4-2-6-14(16)15-7-3-5-9-17(15)21(26)27/h2-12H,1H3,(H,26,27)(H,23,24,25)/p-1. The molecule has 0 bridgehead atoms. The lowest BCUT2D eigenvalue weighted by molar-refractivity contribution is -0.254. The van der Waals surface area contributed by atoms with Crippen molar-refractivity contribution in [1.29, 1.82) is 0 Å². The summed E-state index contributed by atoms with van der Waals surface area (Å²) in [5, 5.41) is 14.7. The Morgan fingerprint density at radius 1 is 0.966 bits per heavy atom. The quantitative estimate of drug-likeness (QED) is 0.550. The van der Waals surface area contributed by atoms with Crippen LogP contribution in [0.15, 0.2) is 66.7 Å². The summed E-state index contributed by atoms with van der Waals surface area (Å²) >= 11 is 1.33. The van der Waals surface area contributed by atoms with E-state index in [9.17, 15) is 14.7 Å². The fourth-order valence-electron chi connectivity index (χ4n) is 3.06. The molecule has 1 amide bonds. The molecule has 0 aliphatic heterocycles. The van der Waals surface area contributed by atoms with Gasteiger partial charge in [0, 0.05) is 11.1 Å². The average molecular weight is 403 g/mol. The van der Waals surface area contributed by atoms with Crippen LogP contribution in [0.1, 0.15) is 20.7 Å². The molecule has 0 fully saturated rings. The molecule has 1 N–H and O–H groups in total. The van der Waals surface area contributed by atoms with E-state index in [0.717, 1.165) is 10.2 Å². The summed E-state index contributed by atoms with van der Waals surface area (Å²) in [6.45, 7) is 0. The predicted molar refractivity (Wildman–Crippen MR) is 110 cm³/mol. The number of aromatic nitrogens is 1. The molecular formula is C22H15N2O4S-. The predicted octanol–water partition coefficient (Wildman–Crippen LogP) is 3.59. The van der Waals surface area contributed by atoms with Crippen molar-refractivity contribution in [3.05, 3.63) is 77.9 Å². The number of nitrogens with one attached hydrogen (secondary N) is 1. The number of hydrogen-bond acceptors (Lipinski definition) is 6. The highest BCUT2D eigenvalue weighted by Gasteiger charge is 2.17. The molecule has 0 unspecified atom stereocenters. The Kier molecular flexibility index (Phi) is 4.97. The normalized spacial score (nSPS) is 10.7. The van der Waals surface area contributed by atoms with Gasteiger partial charge in [-0.15, -0.1) is 0 Å². The Labute approximate surface area is 170 Å². The second-order valence-electron chi connectivity index (χ2n) is 6.19. The fraction of sp³-hybridized carbons (Fsp3) is 0.0455. The van der Waals surface area contributed by atoms with Gasteiger partial charge in [-0.1, -0.05) is 53.8 Å². The van der Waals surface area contributed by atoms with E-state index in [4.69, 9.17) is 4.74 Å². The number of rotatable bonds is 5. The smallest absolute Gasteiger partial charge is 0.258 e. The van der Waals surface area contributed by atoms with Gasteiger partial charge >= 0.3 is 0 Å². The summed E-state index contributed by atoms with van der Waals surface area (Å²) in [6.07, 6.45) is 0. The van der Waals surface area contributed by atoms with Crippen LogP contribution >= 0.6 is 11.3 Å². The summed E-state index contributed by atoms with van der Waals surface area (Å²) < 4.78 is 6.10. The SMILES string of the molecule is COc1ccc2nc(NC(=O)c3ccccc3-c3ccccc3C(=O)[O-])sc2c1. The number of hydrogen-bond donors (Lipinski definition) is 1. The zero-order valence-electron chi connectivity index (χ0n) is 15.3. The molecule has 0 saturated heterocycles. The molecule has 3 aromatic carbocycles. The van der Waals surface area contributed by atoms with Crippen LogP contribution in [0.2, 0.25) is 0 Å². The molecule has 29 heavy (non-hydrogen) atoms. The van der Waals surface area contributed by atoms with Gasteiger partial charge in [0.1, 0.15) is 5.75 Å². The van der Waals surface area contributed by atoms with E-state index in [1.165, 1.54) is 17.4 Å². The maximum Gasteiger partial charge on any atom is 0.258 e. The van der Waals surface area contributed by atoms with Crippen LogP contribution in [-0.2, 0) is 0 Å². The first kappa shape index (κ1) is 18.6. The Morgan fingerprint density at radius 2 is 1.62 bits per heavy atom. The van der Waals surface area contributed by atoms with Crippen molar-refractivity contribution in [2.24, 2.45) is 0 Å². The molecule has 7 heteroatoms. The lowest BCUT2D eigenvalue weighted by Crippen LogP contribution is -2.23. The maximum absolute atomic E-state index is 13.0. The number of benzene rings is 3. The molecule has 144 valence electrons. The number of ether oxygens (including phenoxy) is 1. The van der Waals surface area contributed by atoms with E-state index in [2.05, 4.69) is 10.3 Å². The number of aromatic carboxylic acids is 1. The molecule has 0 aliphatic carbocycles. The zero-order chi connectivity index (χ0) is 20.4. The van der Waals surface area contributed by atoms with E-state index >= 15 is 0 Å². The van der Waals surface area contributed by atoms with Crippen molar-refractivity contribution in [1.82, 2.24) is 4.98 Å². The van der Waals surface area contributed by atoms with Crippen LogP contribution in [0, 0.1) is 0 Å². The lowest BCUT2D eigenvalue weighted by atomic mass is 9.95. The van der Waals surface area contributed by atoms with Gasteiger partial charge in [-0.05, 0) is 35.4 Å². The first-order chi connectivity index (χ1) is 14.1. The van der Waals surface area contributed by atoms with Gasteiger partial charge in [-0.25, -0.2) is 4.98 Å². The number of anilines is 1. The Hall–Kier alpha value is -3.71. The number of carboxylic acids is 1. The second-order valence-corrected chi connectivity index (χ2v) is 7.22. The van der Waals surface area contributed by atoms with E-state index in [1.807, 2.05) is 12.1 Å². The third kappa shape index (κ3) is 3.68. The molecule has 0 saturated carbocycles. The van der Waals surface area contributed by atoms with Crippen molar-refractivity contribution in [2.45, 2.75) is 0 Å². The topological polar surface area (TPSA) is 91.3 Å². The van der Waals surface area contributed by atoms with E-state index in [1.54, 1.807) is 55.6 Å². The van der Waals surface area contributed by atoms with Crippen molar-refractivity contribution in [3.8, 4) is 16.9 Å². The number of carbonyl (C=O) groups is 2. The van der Waals surface area contributed by atoms with Crippen molar-refractivity contribution >= 4 is 38.6 Å². The van der Waals surface area contributed by atoms with Gasteiger partial charge < -0.3 is 14.6 Å². The van der Waals surface area contributed by atoms with Crippen LogP contribution in [-0.4, -0.2) is 24.0 Å². The van der Waals surface area contributed by atoms with Gasteiger partial charge in [0.05, 0.1) is 23.3 Å². The van der Waals surface area contributed by atoms with Crippen LogP contribution in [0.4, 0.5) is 5.13 Å². The average Bonchev–Trinajstić information content (AvgIpc) is 3.14. The number of thiazole rings is 1. The number of amides is 1. The van der Waals surface area contributed by atoms with Crippen molar-refractivity contribution in [3.63, 3.8) is 0 Å². The van der Waals surface area contributed by atoms with Crippen LogP contribution in [0.25, 0.3) is 21.3 Å². The monoisotopic (exact) mass is 403 g/mol. The van der Waals surface area contributed by atoms with Gasteiger partial charge in [0.15, 0.2) is 5.13 Å². The van der Waals surface area contributed by atoms with Crippen LogP contribution < -0.4 is 15.2 Å². The van der Waals surface area contributed by atoms with Gasteiger partial charge in [0.2, 0.25) is 0 Å². The minimum absolute atomic E-state index is 0.0276. The summed E-state index contributed by atoms with van der Waals surface area (Å²) in [5.41, 5.74) is 2.06. The molecule has 0 aliphatic rings. The lowest BCUT2D eigenvalue weighted by Gasteiger charge is -2.14. The van der Waals surface area contributed by atoms with E-state index < -0.39 is 5.97 Å². The first-order valence-corrected chi connectivity index (χ1v) is 9.54. The molecule has 0 spiro atoms. The van der Waals surface area contributed by atoms with Gasteiger partial charge in [0.25, 0.3) is 5.91 Å².